The van der Waals surface area contributed by atoms with Crippen molar-refractivity contribution in [2.75, 3.05) is 47.4 Å². The third-order valence-electron chi connectivity index (χ3n) is 18.2. The lowest BCUT2D eigenvalue weighted by Crippen LogP contribution is -2.20. The van der Waals surface area contributed by atoms with Crippen LogP contribution >= 0.6 is 0 Å². The summed E-state index contributed by atoms with van der Waals surface area (Å²) in [4.78, 5) is 19.5. The number of aryl methyl sites for hydroxylation is 5. The molecule has 0 saturated heterocycles. The number of anilines is 4. The van der Waals surface area contributed by atoms with Gasteiger partial charge in [-0.2, -0.15) is 0 Å². The fraction of sp³-hybridized carbons (Fsp3) is 0.410. The van der Waals surface area contributed by atoms with Gasteiger partial charge in [0.25, 0.3) is 0 Å². The smallest absolute Gasteiger partial charge is 0.0752 e. The Hall–Kier alpha value is -7.58. The molecule has 1 saturated carbocycles. The van der Waals surface area contributed by atoms with Crippen molar-refractivity contribution in [2.24, 2.45) is 25.9 Å². The molecule has 4 aliphatic heterocycles. The zero-order valence-electron chi connectivity index (χ0n) is 52.8. The summed E-state index contributed by atoms with van der Waals surface area (Å²) in [5.41, 5.74) is 24.8. The van der Waals surface area contributed by atoms with Crippen LogP contribution in [0.15, 0.2) is 159 Å². The zero-order chi connectivity index (χ0) is 59.6. The zero-order valence-corrected chi connectivity index (χ0v) is 52.8. The number of fused-ring (bicyclic) bond motifs is 5. The van der Waals surface area contributed by atoms with Gasteiger partial charge >= 0.3 is 0 Å². The molecule has 4 N–H and O–H groups in total. The first-order valence-electron chi connectivity index (χ1n) is 33.0. The standard InChI is InChI=1S/C22H28N2.C20H22N2.C19H22N2.C17H24N2/c1-15(2)19-11-6-12-20(16(3)4)22(19)24-14-18-9-5-8-17-10-7-13-23-21(17)18;1-2-11-18-15(6-1)7-4-12-19(18)22-14-17-9-3-8-16-10-5-13-21-20(16)17;1-14(2)17-10-3-4-11-18(17)21-13-16-8-5-7-15-9-6-12-20-19(15)16;1-13-6-2-3-10-16(13)19-12-15-8-4-7-14-9-5-11-18-17(14)15/h5-6,8-9,11-12,14-16,23H,7,10,13H2,1-4H3;1-3,6,8-9,11,14,19,21H,4-5,7,10,12-13H2;3-5,7-8,10-11,13-14,20H,6,9,12H2,1-2H3;4,7-8,12-13,16,18H,2-3,5-6,9-11H2,1H3. The molecular weight excluding hydrogens is 1050 g/mol. The number of rotatable bonds is 11. The molecule has 7 aromatic carbocycles. The van der Waals surface area contributed by atoms with Crippen LogP contribution in [-0.4, -0.2) is 57.1 Å². The molecule has 7 aromatic rings. The third-order valence-corrected chi connectivity index (χ3v) is 18.2. The fourth-order valence-corrected chi connectivity index (χ4v) is 13.3. The minimum absolute atomic E-state index is 0.324. The number of nitrogens with zero attached hydrogens (tertiary/aromatic N) is 4. The number of nitrogens with one attached hydrogen (secondary N) is 4. The molecule has 0 spiro atoms. The summed E-state index contributed by atoms with van der Waals surface area (Å²) in [6, 6.07) is 50.8. The topological polar surface area (TPSA) is 97.6 Å². The summed E-state index contributed by atoms with van der Waals surface area (Å²) in [6.07, 6.45) is 26.8. The number of hydrogen-bond acceptors (Lipinski definition) is 8. The molecule has 2 aliphatic carbocycles. The monoisotopic (exact) mass is 1140 g/mol. The van der Waals surface area contributed by atoms with Gasteiger partial charge in [-0.25, -0.2) is 0 Å². The predicted octanol–water partition coefficient (Wildman–Crippen LogP) is 19.5. The highest BCUT2D eigenvalue weighted by Crippen LogP contribution is 2.37. The minimum Gasteiger partial charge on any atom is -0.384 e. The van der Waals surface area contributed by atoms with E-state index in [1.807, 2.05) is 12.4 Å². The van der Waals surface area contributed by atoms with Crippen molar-refractivity contribution in [3.63, 3.8) is 0 Å². The molecule has 0 radical (unpaired) electrons. The first-order chi connectivity index (χ1) is 42.1. The number of aliphatic imine (C=N–C) groups is 4. The second kappa shape index (κ2) is 30.7. The van der Waals surface area contributed by atoms with Crippen LogP contribution in [0.1, 0.15) is 209 Å². The number of para-hydroxylation sites is 6. The minimum atomic E-state index is 0.324. The second-order valence-corrected chi connectivity index (χ2v) is 25.5. The molecule has 1 fully saturated rings. The summed E-state index contributed by atoms with van der Waals surface area (Å²) in [5, 5.41) is 14.2. The Morgan fingerprint density at radius 3 is 1.29 bits per heavy atom. The largest absolute Gasteiger partial charge is 0.384 e. The van der Waals surface area contributed by atoms with Gasteiger partial charge in [0.15, 0.2) is 0 Å². The van der Waals surface area contributed by atoms with Crippen LogP contribution in [0.5, 0.6) is 0 Å². The van der Waals surface area contributed by atoms with Gasteiger partial charge in [-0.3, -0.25) is 20.0 Å². The molecule has 0 aromatic heterocycles. The van der Waals surface area contributed by atoms with Crippen LogP contribution in [0.3, 0.4) is 0 Å². The van der Waals surface area contributed by atoms with Crippen LogP contribution in [0.2, 0.25) is 0 Å². The second-order valence-electron chi connectivity index (χ2n) is 25.5. The lowest BCUT2D eigenvalue weighted by Gasteiger charge is -2.25. The first-order valence-corrected chi connectivity index (χ1v) is 33.0. The highest BCUT2D eigenvalue weighted by atomic mass is 14.9. The average Bonchev–Trinajstić information content (AvgIpc) is 3.65. The molecule has 8 heteroatoms. The maximum atomic E-state index is 4.96. The van der Waals surface area contributed by atoms with Gasteiger partial charge in [0.1, 0.15) is 0 Å². The normalized spacial score (nSPS) is 18.6. The maximum absolute atomic E-state index is 4.96. The summed E-state index contributed by atoms with van der Waals surface area (Å²) < 4.78 is 0. The Bertz CT molecular complexity index is 3440. The Kier molecular flexibility index (Phi) is 21.9. The SMILES string of the molecule is C(=NC1CCCc2ccccc21)c1cccc2c1NCCC2.CC(C)c1cccc(C(C)C)c1N=Cc1cccc2c1NCCC2.CC(C)c1ccccc1N=Cc1cccc2c1NCCC2.CC1CCCCC1N=Cc1cccc2c1NCCC2. The molecule has 4 heterocycles. The van der Waals surface area contributed by atoms with Gasteiger partial charge in [0.05, 0.1) is 23.5 Å². The van der Waals surface area contributed by atoms with Crippen LogP contribution in [-0.2, 0) is 32.1 Å². The van der Waals surface area contributed by atoms with E-state index < -0.39 is 0 Å². The van der Waals surface area contributed by atoms with E-state index in [2.05, 4.69) is 222 Å². The Labute approximate surface area is 516 Å². The Morgan fingerprint density at radius 1 is 0.372 bits per heavy atom. The van der Waals surface area contributed by atoms with Crippen LogP contribution in [0, 0.1) is 5.92 Å². The highest BCUT2D eigenvalue weighted by molar-refractivity contribution is 5.93. The van der Waals surface area contributed by atoms with E-state index in [-0.39, 0.29) is 0 Å². The molecule has 86 heavy (non-hydrogen) atoms. The Morgan fingerprint density at radius 2 is 0.779 bits per heavy atom. The quantitative estimate of drug-likeness (QED) is 0.0970. The third kappa shape index (κ3) is 15.9. The van der Waals surface area contributed by atoms with E-state index in [9.17, 15) is 0 Å². The number of hydrogen-bond donors (Lipinski definition) is 4. The van der Waals surface area contributed by atoms with Crippen molar-refractivity contribution < 1.29 is 0 Å². The van der Waals surface area contributed by atoms with Crippen LogP contribution in [0.25, 0.3) is 0 Å². The van der Waals surface area contributed by atoms with E-state index >= 15 is 0 Å². The van der Waals surface area contributed by atoms with Gasteiger partial charge in [-0.15, -0.1) is 0 Å². The summed E-state index contributed by atoms with van der Waals surface area (Å²) in [6.45, 7) is 20.0. The predicted molar refractivity (Wildman–Crippen MR) is 371 cm³/mol. The van der Waals surface area contributed by atoms with E-state index in [4.69, 9.17) is 20.0 Å². The van der Waals surface area contributed by atoms with E-state index in [0.29, 0.717) is 29.8 Å². The van der Waals surface area contributed by atoms with Gasteiger partial charge in [0, 0.05) is 96.0 Å². The summed E-state index contributed by atoms with van der Waals surface area (Å²) in [5.74, 6) is 2.18. The van der Waals surface area contributed by atoms with Gasteiger partial charge < -0.3 is 21.3 Å². The highest BCUT2D eigenvalue weighted by Gasteiger charge is 2.22. The average molecular weight is 1150 g/mol. The van der Waals surface area contributed by atoms with Crippen molar-refractivity contribution in [1.29, 1.82) is 0 Å². The van der Waals surface area contributed by atoms with Gasteiger partial charge in [-0.1, -0.05) is 195 Å². The first kappa shape index (κ1) is 61.5. The molecule has 13 rings (SSSR count). The maximum Gasteiger partial charge on any atom is 0.0752 e. The van der Waals surface area contributed by atoms with Gasteiger partial charge in [0.2, 0.25) is 0 Å². The number of benzene rings is 7. The summed E-state index contributed by atoms with van der Waals surface area (Å²) >= 11 is 0. The van der Waals surface area contributed by atoms with Crippen LogP contribution in [0.4, 0.5) is 34.1 Å². The van der Waals surface area contributed by atoms with Gasteiger partial charge in [-0.05, 0) is 163 Å². The van der Waals surface area contributed by atoms with Crippen molar-refractivity contribution >= 4 is 59.0 Å². The van der Waals surface area contributed by atoms with E-state index in [0.717, 1.165) is 62.7 Å². The molecule has 6 aliphatic rings. The summed E-state index contributed by atoms with van der Waals surface area (Å²) in [7, 11) is 0. The van der Waals surface area contributed by atoms with Crippen molar-refractivity contribution in [3.05, 3.63) is 212 Å². The lowest BCUT2D eigenvalue weighted by atomic mass is 9.86. The lowest BCUT2D eigenvalue weighted by molar-refractivity contribution is 0.333. The molecule has 0 amide bonds. The van der Waals surface area contributed by atoms with E-state index in [1.165, 1.54) is 172 Å². The van der Waals surface area contributed by atoms with Crippen LogP contribution < -0.4 is 21.3 Å². The molecule has 448 valence electrons. The van der Waals surface area contributed by atoms with Crippen molar-refractivity contribution in [1.82, 2.24) is 0 Å². The molecular formula is C78H96N8. The van der Waals surface area contributed by atoms with E-state index in [1.54, 1.807) is 0 Å². The molecule has 3 atom stereocenters. The fourth-order valence-electron chi connectivity index (χ4n) is 13.3. The molecule has 3 unspecified atom stereocenters. The molecule has 8 nitrogen and oxygen atoms in total. The van der Waals surface area contributed by atoms with Crippen molar-refractivity contribution in [3.8, 4) is 0 Å². The van der Waals surface area contributed by atoms with Crippen molar-refractivity contribution in [2.45, 2.75) is 175 Å². The Balaban J connectivity index is 0.000000128. The molecule has 0 bridgehead atoms.